The van der Waals surface area contributed by atoms with Crippen molar-refractivity contribution < 1.29 is 9.90 Å². The summed E-state index contributed by atoms with van der Waals surface area (Å²) in [4.78, 5) is 22.6. The molecule has 0 spiro atoms. The molecular weight excluding hydrogens is 210 g/mol. The highest BCUT2D eigenvalue weighted by molar-refractivity contribution is 5.91. The first-order chi connectivity index (χ1) is 7.50. The van der Waals surface area contributed by atoms with Crippen molar-refractivity contribution in [3.05, 3.63) is 28.2 Å². The van der Waals surface area contributed by atoms with E-state index in [4.69, 9.17) is 5.11 Å². The molecule has 0 aromatic carbocycles. The predicted octanol–water partition coefficient (Wildman–Crippen LogP) is -0.719. The average Bonchev–Trinajstić information content (AvgIpc) is 2.21. The van der Waals surface area contributed by atoms with Crippen LogP contribution in [0.15, 0.2) is 16.9 Å². The molecule has 1 heterocycles. The molecule has 1 aromatic heterocycles. The van der Waals surface area contributed by atoms with Crippen LogP contribution >= 0.6 is 0 Å². The summed E-state index contributed by atoms with van der Waals surface area (Å²) in [5.41, 5.74) is -0.0757. The van der Waals surface area contributed by atoms with Crippen LogP contribution in [0.3, 0.4) is 0 Å². The van der Waals surface area contributed by atoms with Crippen LogP contribution in [0.4, 0.5) is 0 Å². The van der Waals surface area contributed by atoms with Gasteiger partial charge in [0.15, 0.2) is 0 Å². The standard InChI is InChI=1S/C10H15N3O3/c1-7(14)5-6-11-10(16)8-3-4-9(15)13(2)12-8/h3-4,7,14H,5-6H2,1-2H3,(H,11,16). The Morgan fingerprint density at radius 3 is 2.88 bits per heavy atom. The van der Waals surface area contributed by atoms with E-state index in [-0.39, 0.29) is 17.2 Å². The number of aryl methyl sites for hydroxylation is 1. The number of carbonyl (C=O) groups excluding carboxylic acids is 1. The second-order valence-electron chi connectivity index (χ2n) is 3.57. The van der Waals surface area contributed by atoms with Gasteiger partial charge in [-0.1, -0.05) is 0 Å². The molecule has 1 atom stereocenters. The van der Waals surface area contributed by atoms with E-state index < -0.39 is 6.10 Å². The summed E-state index contributed by atoms with van der Waals surface area (Å²) < 4.78 is 1.10. The summed E-state index contributed by atoms with van der Waals surface area (Å²) in [6, 6.07) is 2.66. The highest BCUT2D eigenvalue weighted by Gasteiger charge is 2.07. The topological polar surface area (TPSA) is 84.2 Å². The SMILES string of the molecule is CC(O)CCNC(=O)c1ccc(=O)n(C)n1. The first-order valence-electron chi connectivity index (χ1n) is 5.01. The molecule has 0 saturated carbocycles. The summed E-state index contributed by atoms with van der Waals surface area (Å²) >= 11 is 0. The molecular formula is C10H15N3O3. The van der Waals surface area contributed by atoms with Crippen LogP contribution in [0, 0.1) is 0 Å². The van der Waals surface area contributed by atoms with E-state index in [0.717, 1.165) is 4.68 Å². The smallest absolute Gasteiger partial charge is 0.271 e. The van der Waals surface area contributed by atoms with Crippen molar-refractivity contribution in [3.63, 3.8) is 0 Å². The predicted molar refractivity (Wildman–Crippen MR) is 58.1 cm³/mol. The molecule has 1 aromatic rings. The van der Waals surface area contributed by atoms with Gasteiger partial charge in [-0.25, -0.2) is 4.68 Å². The Labute approximate surface area is 92.9 Å². The summed E-state index contributed by atoms with van der Waals surface area (Å²) in [6.45, 7) is 2.03. The second kappa shape index (κ2) is 5.41. The minimum Gasteiger partial charge on any atom is -0.393 e. The number of carbonyl (C=O) groups is 1. The maximum atomic E-state index is 11.5. The summed E-state index contributed by atoms with van der Waals surface area (Å²) in [5.74, 6) is -0.351. The Morgan fingerprint density at radius 2 is 2.31 bits per heavy atom. The zero-order chi connectivity index (χ0) is 12.1. The zero-order valence-electron chi connectivity index (χ0n) is 9.30. The fourth-order valence-electron chi connectivity index (χ4n) is 1.11. The lowest BCUT2D eigenvalue weighted by molar-refractivity contribution is 0.0938. The van der Waals surface area contributed by atoms with Gasteiger partial charge in [0.05, 0.1) is 6.10 Å². The van der Waals surface area contributed by atoms with Crippen molar-refractivity contribution >= 4 is 5.91 Å². The van der Waals surface area contributed by atoms with Crippen molar-refractivity contribution in [1.29, 1.82) is 0 Å². The highest BCUT2D eigenvalue weighted by atomic mass is 16.3. The van der Waals surface area contributed by atoms with Crippen LogP contribution in [0.1, 0.15) is 23.8 Å². The third-order valence-electron chi connectivity index (χ3n) is 2.04. The molecule has 0 fully saturated rings. The Hall–Kier alpha value is -1.69. The molecule has 2 N–H and O–H groups in total. The Balaban J connectivity index is 2.60. The lowest BCUT2D eigenvalue weighted by Crippen LogP contribution is -2.30. The van der Waals surface area contributed by atoms with Crippen molar-refractivity contribution in [2.45, 2.75) is 19.4 Å². The molecule has 0 aliphatic heterocycles. The number of aliphatic hydroxyl groups excluding tert-OH is 1. The fourth-order valence-corrected chi connectivity index (χ4v) is 1.11. The quantitative estimate of drug-likeness (QED) is 0.708. The first-order valence-corrected chi connectivity index (χ1v) is 5.01. The van der Waals surface area contributed by atoms with Gasteiger partial charge < -0.3 is 10.4 Å². The number of amides is 1. The zero-order valence-corrected chi connectivity index (χ0v) is 9.30. The van der Waals surface area contributed by atoms with Crippen molar-refractivity contribution in [1.82, 2.24) is 15.1 Å². The lowest BCUT2D eigenvalue weighted by atomic mass is 10.3. The van der Waals surface area contributed by atoms with E-state index in [9.17, 15) is 9.59 Å². The number of hydrogen-bond donors (Lipinski definition) is 2. The Kier molecular flexibility index (Phi) is 4.19. The number of rotatable bonds is 4. The van der Waals surface area contributed by atoms with Gasteiger partial charge in [-0.15, -0.1) is 0 Å². The minimum absolute atomic E-state index is 0.188. The van der Waals surface area contributed by atoms with Crippen LogP contribution in [0.5, 0.6) is 0 Å². The monoisotopic (exact) mass is 225 g/mol. The van der Waals surface area contributed by atoms with Gasteiger partial charge in [0, 0.05) is 19.7 Å². The van der Waals surface area contributed by atoms with Crippen LogP contribution < -0.4 is 10.9 Å². The van der Waals surface area contributed by atoms with Crippen LogP contribution in [0.25, 0.3) is 0 Å². The molecule has 88 valence electrons. The van der Waals surface area contributed by atoms with Crippen LogP contribution in [0.2, 0.25) is 0 Å². The first kappa shape index (κ1) is 12.4. The van der Waals surface area contributed by atoms with E-state index in [1.807, 2.05) is 0 Å². The molecule has 0 radical (unpaired) electrons. The van der Waals surface area contributed by atoms with Crippen LogP contribution in [-0.4, -0.2) is 33.4 Å². The van der Waals surface area contributed by atoms with Crippen molar-refractivity contribution in [3.8, 4) is 0 Å². The maximum Gasteiger partial charge on any atom is 0.271 e. The van der Waals surface area contributed by atoms with Gasteiger partial charge in [-0.05, 0) is 19.4 Å². The lowest BCUT2D eigenvalue weighted by Gasteiger charge is -2.06. The molecule has 1 rings (SSSR count). The molecule has 0 aliphatic carbocycles. The maximum absolute atomic E-state index is 11.5. The number of hydrogen-bond acceptors (Lipinski definition) is 4. The minimum atomic E-state index is -0.451. The molecule has 6 heteroatoms. The molecule has 16 heavy (non-hydrogen) atoms. The number of aliphatic hydroxyl groups is 1. The number of nitrogens with one attached hydrogen (secondary N) is 1. The summed E-state index contributed by atoms with van der Waals surface area (Å²) in [5, 5.41) is 15.4. The number of nitrogens with zero attached hydrogens (tertiary/aromatic N) is 2. The third kappa shape index (κ3) is 3.47. The second-order valence-corrected chi connectivity index (χ2v) is 3.57. The average molecular weight is 225 g/mol. The Bertz CT molecular complexity index is 426. The van der Waals surface area contributed by atoms with Gasteiger partial charge in [0.2, 0.25) is 0 Å². The number of aromatic nitrogens is 2. The van der Waals surface area contributed by atoms with E-state index in [1.165, 1.54) is 19.2 Å². The van der Waals surface area contributed by atoms with E-state index in [1.54, 1.807) is 6.92 Å². The van der Waals surface area contributed by atoms with Crippen molar-refractivity contribution in [2.75, 3.05) is 6.54 Å². The molecule has 1 unspecified atom stereocenters. The largest absolute Gasteiger partial charge is 0.393 e. The Morgan fingerprint density at radius 1 is 1.62 bits per heavy atom. The van der Waals surface area contributed by atoms with Gasteiger partial charge in [0.25, 0.3) is 11.5 Å². The third-order valence-corrected chi connectivity index (χ3v) is 2.04. The molecule has 1 amide bonds. The molecule has 0 aliphatic rings. The van der Waals surface area contributed by atoms with E-state index >= 15 is 0 Å². The van der Waals surface area contributed by atoms with Gasteiger partial charge in [-0.3, -0.25) is 9.59 Å². The summed E-state index contributed by atoms with van der Waals surface area (Å²) in [6.07, 6.45) is 0.0331. The van der Waals surface area contributed by atoms with Gasteiger partial charge in [-0.2, -0.15) is 5.10 Å². The van der Waals surface area contributed by atoms with Crippen LogP contribution in [-0.2, 0) is 7.05 Å². The van der Waals surface area contributed by atoms with Gasteiger partial charge in [0.1, 0.15) is 5.69 Å². The molecule has 0 bridgehead atoms. The van der Waals surface area contributed by atoms with E-state index in [2.05, 4.69) is 10.4 Å². The molecule has 0 saturated heterocycles. The van der Waals surface area contributed by atoms with E-state index in [0.29, 0.717) is 13.0 Å². The van der Waals surface area contributed by atoms with Gasteiger partial charge >= 0.3 is 0 Å². The van der Waals surface area contributed by atoms with Crippen molar-refractivity contribution in [2.24, 2.45) is 7.05 Å². The highest BCUT2D eigenvalue weighted by Crippen LogP contribution is 1.91. The summed E-state index contributed by atoms with van der Waals surface area (Å²) in [7, 11) is 1.48. The molecule has 6 nitrogen and oxygen atoms in total. The normalized spacial score (nSPS) is 12.2. The fraction of sp³-hybridized carbons (Fsp3) is 0.500.